The molecule has 1 rings (SSSR count). The van der Waals surface area contributed by atoms with Crippen LogP contribution in [0.15, 0.2) is 0 Å². The van der Waals surface area contributed by atoms with Crippen LogP contribution in [-0.4, -0.2) is 12.5 Å². The molecular weight excluding hydrogens is 200 g/mol. The van der Waals surface area contributed by atoms with Gasteiger partial charge in [-0.1, -0.05) is 39.0 Å². The summed E-state index contributed by atoms with van der Waals surface area (Å²) in [5, 5.41) is 12.2. The molecule has 16 heavy (non-hydrogen) atoms. The van der Waals surface area contributed by atoms with Gasteiger partial charge in [-0.3, -0.25) is 4.79 Å². The Morgan fingerprint density at radius 1 is 1.31 bits per heavy atom. The largest absolute Gasteiger partial charge is 0.355 e. The molecule has 0 unspecified atom stereocenters. The Balaban J connectivity index is 2.56. The third-order valence-electron chi connectivity index (χ3n) is 3.42. The zero-order chi connectivity index (χ0) is 11.9. The molecule has 1 aliphatic rings. The summed E-state index contributed by atoms with van der Waals surface area (Å²) in [5.74, 6) is -0.0367. The second-order valence-corrected chi connectivity index (χ2v) is 4.72. The zero-order valence-corrected chi connectivity index (χ0v) is 10.2. The number of carbonyl (C=O) groups is 1. The lowest BCUT2D eigenvalue weighted by Crippen LogP contribution is -2.40. The van der Waals surface area contributed by atoms with Crippen LogP contribution in [0.3, 0.4) is 0 Å². The van der Waals surface area contributed by atoms with Crippen LogP contribution in [0.25, 0.3) is 0 Å². The standard InChI is InChI=1S/C13H22N2O/c1-2-3-10-15-12(16)13(11-14)8-6-4-5-7-9-13/h2-10H2,1H3,(H,15,16). The average molecular weight is 222 g/mol. The quantitative estimate of drug-likeness (QED) is 0.587. The van der Waals surface area contributed by atoms with Gasteiger partial charge in [-0.2, -0.15) is 5.26 Å². The van der Waals surface area contributed by atoms with Crippen molar-refractivity contribution in [3.63, 3.8) is 0 Å². The van der Waals surface area contributed by atoms with Crippen molar-refractivity contribution >= 4 is 5.91 Å². The lowest BCUT2D eigenvalue weighted by molar-refractivity contribution is -0.128. The maximum absolute atomic E-state index is 12.0. The minimum absolute atomic E-state index is 0.0367. The van der Waals surface area contributed by atoms with Crippen LogP contribution in [0.5, 0.6) is 0 Å². The number of rotatable bonds is 4. The Morgan fingerprint density at radius 3 is 2.44 bits per heavy atom. The van der Waals surface area contributed by atoms with Crippen molar-refractivity contribution in [2.45, 2.75) is 58.3 Å². The molecule has 3 heteroatoms. The molecule has 1 saturated carbocycles. The second kappa shape index (κ2) is 6.52. The normalized spacial score (nSPS) is 19.5. The van der Waals surface area contributed by atoms with E-state index >= 15 is 0 Å². The highest BCUT2D eigenvalue weighted by Gasteiger charge is 2.38. The summed E-state index contributed by atoms with van der Waals surface area (Å²) in [6, 6.07) is 2.27. The molecule has 0 spiro atoms. The van der Waals surface area contributed by atoms with Gasteiger partial charge in [0.05, 0.1) is 6.07 Å². The SMILES string of the molecule is CCCCNC(=O)C1(C#N)CCCCCC1. The van der Waals surface area contributed by atoms with E-state index in [-0.39, 0.29) is 5.91 Å². The molecule has 0 heterocycles. The molecule has 0 aromatic rings. The first-order valence-corrected chi connectivity index (χ1v) is 6.45. The van der Waals surface area contributed by atoms with Gasteiger partial charge in [0.15, 0.2) is 0 Å². The molecule has 1 fully saturated rings. The molecule has 1 aliphatic carbocycles. The molecule has 0 aromatic heterocycles. The van der Waals surface area contributed by atoms with E-state index in [0.717, 1.165) is 51.4 Å². The monoisotopic (exact) mass is 222 g/mol. The van der Waals surface area contributed by atoms with Crippen molar-refractivity contribution in [2.75, 3.05) is 6.54 Å². The van der Waals surface area contributed by atoms with Crippen molar-refractivity contribution in [1.29, 1.82) is 5.26 Å². The third kappa shape index (κ3) is 3.23. The Labute approximate surface area is 98.2 Å². The van der Waals surface area contributed by atoms with Gasteiger partial charge in [-0.05, 0) is 19.3 Å². The number of hydrogen-bond acceptors (Lipinski definition) is 2. The maximum Gasteiger partial charge on any atom is 0.240 e. The molecule has 0 atom stereocenters. The van der Waals surface area contributed by atoms with Gasteiger partial charge in [0.25, 0.3) is 0 Å². The number of nitrogens with zero attached hydrogens (tertiary/aromatic N) is 1. The van der Waals surface area contributed by atoms with E-state index in [4.69, 9.17) is 0 Å². The van der Waals surface area contributed by atoms with Crippen LogP contribution < -0.4 is 5.32 Å². The van der Waals surface area contributed by atoms with Crippen LogP contribution >= 0.6 is 0 Å². The number of unbranched alkanes of at least 4 members (excludes halogenated alkanes) is 1. The fourth-order valence-corrected chi connectivity index (χ4v) is 2.27. The molecule has 90 valence electrons. The Bertz CT molecular complexity index is 260. The number of nitriles is 1. The molecule has 0 radical (unpaired) electrons. The fourth-order valence-electron chi connectivity index (χ4n) is 2.27. The van der Waals surface area contributed by atoms with Gasteiger partial charge in [0, 0.05) is 6.54 Å². The Kier molecular flexibility index (Phi) is 5.31. The van der Waals surface area contributed by atoms with Crippen LogP contribution in [0.2, 0.25) is 0 Å². The molecule has 0 aromatic carbocycles. The lowest BCUT2D eigenvalue weighted by Gasteiger charge is -2.23. The van der Waals surface area contributed by atoms with Crippen molar-refractivity contribution in [3.8, 4) is 6.07 Å². The molecular formula is C13H22N2O. The lowest BCUT2D eigenvalue weighted by atomic mass is 9.81. The third-order valence-corrected chi connectivity index (χ3v) is 3.42. The predicted molar refractivity (Wildman–Crippen MR) is 63.7 cm³/mol. The number of carbonyl (C=O) groups excluding carboxylic acids is 1. The van der Waals surface area contributed by atoms with Gasteiger partial charge in [0.1, 0.15) is 5.41 Å². The highest BCUT2D eigenvalue weighted by molar-refractivity contribution is 5.85. The van der Waals surface area contributed by atoms with Gasteiger partial charge >= 0.3 is 0 Å². The highest BCUT2D eigenvalue weighted by atomic mass is 16.2. The van der Waals surface area contributed by atoms with Crippen molar-refractivity contribution in [2.24, 2.45) is 5.41 Å². The van der Waals surface area contributed by atoms with Crippen LogP contribution in [0.1, 0.15) is 58.3 Å². The van der Waals surface area contributed by atoms with E-state index in [1.165, 1.54) is 0 Å². The maximum atomic E-state index is 12.0. The van der Waals surface area contributed by atoms with E-state index in [1.54, 1.807) is 0 Å². The average Bonchev–Trinajstić information content (AvgIpc) is 2.55. The fraction of sp³-hybridized carbons (Fsp3) is 0.846. The van der Waals surface area contributed by atoms with E-state index < -0.39 is 5.41 Å². The smallest absolute Gasteiger partial charge is 0.240 e. The van der Waals surface area contributed by atoms with Crippen LogP contribution in [0, 0.1) is 16.7 Å². The second-order valence-electron chi connectivity index (χ2n) is 4.72. The summed E-state index contributed by atoms with van der Waals surface area (Å²) in [6.45, 7) is 2.80. The summed E-state index contributed by atoms with van der Waals surface area (Å²) < 4.78 is 0. The molecule has 1 amide bonds. The molecule has 0 aliphatic heterocycles. The zero-order valence-electron chi connectivity index (χ0n) is 10.2. The Hall–Kier alpha value is -1.04. The summed E-state index contributed by atoms with van der Waals surface area (Å²) in [6.07, 6.45) is 7.87. The minimum Gasteiger partial charge on any atom is -0.355 e. The van der Waals surface area contributed by atoms with Gasteiger partial charge < -0.3 is 5.32 Å². The molecule has 1 N–H and O–H groups in total. The first-order valence-electron chi connectivity index (χ1n) is 6.45. The molecule has 0 saturated heterocycles. The summed E-state index contributed by atoms with van der Waals surface area (Å²) in [5.41, 5.74) is -0.732. The van der Waals surface area contributed by atoms with Crippen molar-refractivity contribution in [1.82, 2.24) is 5.32 Å². The van der Waals surface area contributed by atoms with Crippen LogP contribution in [-0.2, 0) is 4.79 Å². The van der Waals surface area contributed by atoms with Crippen LogP contribution in [0.4, 0.5) is 0 Å². The number of hydrogen-bond donors (Lipinski definition) is 1. The molecule has 3 nitrogen and oxygen atoms in total. The number of amides is 1. The first kappa shape index (κ1) is 13.0. The first-order chi connectivity index (χ1) is 7.75. The Morgan fingerprint density at radius 2 is 1.94 bits per heavy atom. The van der Waals surface area contributed by atoms with Crippen molar-refractivity contribution in [3.05, 3.63) is 0 Å². The van der Waals surface area contributed by atoms with E-state index in [2.05, 4.69) is 18.3 Å². The summed E-state index contributed by atoms with van der Waals surface area (Å²) in [7, 11) is 0. The van der Waals surface area contributed by atoms with Gasteiger partial charge in [-0.25, -0.2) is 0 Å². The van der Waals surface area contributed by atoms with E-state index in [9.17, 15) is 10.1 Å². The van der Waals surface area contributed by atoms with E-state index in [1.807, 2.05) is 0 Å². The summed E-state index contributed by atoms with van der Waals surface area (Å²) >= 11 is 0. The predicted octanol–water partition coefficient (Wildman–Crippen LogP) is 2.77. The molecule has 0 bridgehead atoms. The number of nitrogens with one attached hydrogen (secondary N) is 1. The summed E-state index contributed by atoms with van der Waals surface area (Å²) in [4.78, 5) is 12.0. The van der Waals surface area contributed by atoms with Gasteiger partial charge in [0.2, 0.25) is 5.91 Å². The topological polar surface area (TPSA) is 52.9 Å². The highest BCUT2D eigenvalue weighted by Crippen LogP contribution is 2.34. The van der Waals surface area contributed by atoms with Crippen molar-refractivity contribution < 1.29 is 4.79 Å². The van der Waals surface area contributed by atoms with Gasteiger partial charge in [-0.15, -0.1) is 0 Å². The minimum atomic E-state index is -0.732. The van der Waals surface area contributed by atoms with E-state index in [0.29, 0.717) is 6.54 Å².